The third kappa shape index (κ3) is 4.14. The summed E-state index contributed by atoms with van der Waals surface area (Å²) >= 11 is 6.35. The highest BCUT2D eigenvalue weighted by Crippen LogP contribution is 2.35. The lowest BCUT2D eigenvalue weighted by molar-refractivity contribution is 0.415. The Bertz CT molecular complexity index is 1640. The summed E-state index contributed by atoms with van der Waals surface area (Å²) in [6.45, 7) is 0.673. The minimum atomic E-state index is 0.661. The average molecular weight is 491 g/mol. The molecule has 2 aromatic heterocycles. The van der Waals surface area contributed by atoms with Crippen molar-refractivity contribution in [2.24, 2.45) is 0 Å². The fourth-order valence-electron chi connectivity index (χ4n) is 4.45. The van der Waals surface area contributed by atoms with Crippen LogP contribution in [0.25, 0.3) is 39.4 Å². The molecule has 0 saturated carbocycles. The van der Waals surface area contributed by atoms with Gasteiger partial charge < -0.3 is 9.30 Å². The Morgan fingerprint density at radius 1 is 0.833 bits per heavy atom. The maximum absolute atomic E-state index is 6.35. The Balaban J connectivity index is 1.59. The highest BCUT2D eigenvalue weighted by molar-refractivity contribution is 6.31. The van der Waals surface area contributed by atoms with Gasteiger partial charge in [0, 0.05) is 23.3 Å². The van der Waals surface area contributed by atoms with Gasteiger partial charge in [-0.25, -0.2) is 9.67 Å². The SMILES string of the molecule is COc1ccc(-c2nn(-c3ccccc3)cc2-c2nc3cc(Cl)ccc3n2Cc2ccccc2)cc1. The summed E-state index contributed by atoms with van der Waals surface area (Å²) in [6.07, 6.45) is 2.05. The molecule has 0 saturated heterocycles. The Kier molecular flexibility index (Phi) is 5.76. The fourth-order valence-corrected chi connectivity index (χ4v) is 4.61. The minimum absolute atomic E-state index is 0.661. The molecule has 6 rings (SSSR count). The van der Waals surface area contributed by atoms with Gasteiger partial charge in [0.15, 0.2) is 0 Å². The van der Waals surface area contributed by atoms with Crippen molar-refractivity contribution in [1.29, 1.82) is 0 Å². The van der Waals surface area contributed by atoms with Gasteiger partial charge in [0.05, 0.1) is 29.4 Å². The molecule has 4 aromatic carbocycles. The van der Waals surface area contributed by atoms with Gasteiger partial charge >= 0.3 is 0 Å². The molecule has 0 radical (unpaired) electrons. The first-order valence-corrected chi connectivity index (χ1v) is 12.1. The van der Waals surface area contributed by atoms with Crippen molar-refractivity contribution >= 4 is 22.6 Å². The normalized spacial score (nSPS) is 11.2. The quantitative estimate of drug-likeness (QED) is 0.246. The largest absolute Gasteiger partial charge is 0.497 e. The zero-order chi connectivity index (χ0) is 24.5. The summed E-state index contributed by atoms with van der Waals surface area (Å²) < 4.78 is 9.52. The van der Waals surface area contributed by atoms with Crippen LogP contribution in [-0.4, -0.2) is 26.4 Å². The molecule has 36 heavy (non-hydrogen) atoms. The molecule has 6 heteroatoms. The van der Waals surface area contributed by atoms with Crippen LogP contribution in [0, 0.1) is 0 Å². The maximum Gasteiger partial charge on any atom is 0.145 e. The van der Waals surface area contributed by atoms with Crippen molar-refractivity contribution in [3.63, 3.8) is 0 Å². The molecule has 0 aliphatic rings. The molecule has 0 bridgehead atoms. The van der Waals surface area contributed by atoms with Crippen molar-refractivity contribution in [1.82, 2.24) is 19.3 Å². The van der Waals surface area contributed by atoms with Crippen molar-refractivity contribution in [3.05, 3.63) is 120 Å². The van der Waals surface area contributed by atoms with Crippen LogP contribution in [-0.2, 0) is 6.54 Å². The molecule has 0 N–H and O–H groups in total. The summed E-state index contributed by atoms with van der Waals surface area (Å²) in [7, 11) is 1.67. The second-order valence-electron chi connectivity index (χ2n) is 8.54. The lowest BCUT2D eigenvalue weighted by Crippen LogP contribution is -2.02. The van der Waals surface area contributed by atoms with Gasteiger partial charge in [-0.3, -0.25) is 0 Å². The molecule has 0 fully saturated rings. The Morgan fingerprint density at radius 2 is 1.56 bits per heavy atom. The third-order valence-corrected chi connectivity index (χ3v) is 6.47. The molecule has 5 nitrogen and oxygen atoms in total. The van der Waals surface area contributed by atoms with Gasteiger partial charge in [-0.2, -0.15) is 5.10 Å². The van der Waals surface area contributed by atoms with Crippen LogP contribution >= 0.6 is 11.6 Å². The summed E-state index contributed by atoms with van der Waals surface area (Å²) in [4.78, 5) is 5.07. The summed E-state index contributed by atoms with van der Waals surface area (Å²) in [5, 5.41) is 5.68. The lowest BCUT2D eigenvalue weighted by atomic mass is 10.1. The van der Waals surface area contributed by atoms with E-state index in [1.807, 2.05) is 83.5 Å². The number of hydrogen-bond donors (Lipinski definition) is 0. The molecule has 6 aromatic rings. The molecular formula is C30H23ClN4O. The number of imidazole rings is 1. The zero-order valence-corrected chi connectivity index (χ0v) is 20.4. The van der Waals surface area contributed by atoms with Crippen LogP contribution in [0.3, 0.4) is 0 Å². The number of rotatable bonds is 6. The van der Waals surface area contributed by atoms with Gasteiger partial charge in [0.2, 0.25) is 0 Å². The van der Waals surface area contributed by atoms with E-state index in [0.29, 0.717) is 11.6 Å². The fraction of sp³-hybridized carbons (Fsp3) is 0.0667. The van der Waals surface area contributed by atoms with Crippen molar-refractivity contribution in [3.8, 4) is 34.1 Å². The minimum Gasteiger partial charge on any atom is -0.497 e. The maximum atomic E-state index is 6.35. The standard InChI is InChI=1S/C30H23ClN4O/c1-36-25-15-12-22(13-16-25)29-26(20-35(33-29)24-10-6-3-7-11-24)30-32-27-18-23(31)14-17-28(27)34(30)19-21-8-4-2-5-9-21/h2-18,20H,19H2,1H3. The van der Waals surface area contributed by atoms with Crippen molar-refractivity contribution in [2.75, 3.05) is 7.11 Å². The first-order chi connectivity index (χ1) is 17.7. The number of ether oxygens (including phenoxy) is 1. The highest BCUT2D eigenvalue weighted by atomic mass is 35.5. The smallest absolute Gasteiger partial charge is 0.145 e. The molecule has 0 spiro atoms. The number of halogens is 1. The molecular weight excluding hydrogens is 468 g/mol. The number of methoxy groups -OCH3 is 1. The second-order valence-corrected chi connectivity index (χ2v) is 8.98. The van der Waals surface area contributed by atoms with E-state index >= 15 is 0 Å². The van der Waals surface area contributed by atoms with E-state index in [1.54, 1.807) is 7.11 Å². The monoisotopic (exact) mass is 490 g/mol. The van der Waals surface area contributed by atoms with E-state index in [1.165, 1.54) is 5.56 Å². The van der Waals surface area contributed by atoms with Gasteiger partial charge in [-0.15, -0.1) is 0 Å². The van der Waals surface area contributed by atoms with E-state index in [0.717, 1.165) is 45.1 Å². The number of para-hydroxylation sites is 1. The highest BCUT2D eigenvalue weighted by Gasteiger charge is 2.21. The van der Waals surface area contributed by atoms with Crippen LogP contribution in [0.1, 0.15) is 5.56 Å². The van der Waals surface area contributed by atoms with E-state index in [2.05, 4.69) is 35.0 Å². The first-order valence-electron chi connectivity index (χ1n) is 11.7. The van der Waals surface area contributed by atoms with Gasteiger partial charge in [0.25, 0.3) is 0 Å². The second kappa shape index (κ2) is 9.36. The zero-order valence-electron chi connectivity index (χ0n) is 19.7. The van der Waals surface area contributed by atoms with E-state index in [9.17, 15) is 0 Å². The van der Waals surface area contributed by atoms with Crippen molar-refractivity contribution in [2.45, 2.75) is 6.54 Å². The molecule has 0 unspecified atom stereocenters. The number of aromatic nitrogens is 4. The molecule has 0 amide bonds. The molecule has 0 atom stereocenters. The van der Waals surface area contributed by atoms with Crippen LogP contribution in [0.5, 0.6) is 5.75 Å². The Labute approximate surface area is 214 Å². The Hall–Kier alpha value is -4.35. The third-order valence-electron chi connectivity index (χ3n) is 6.23. The van der Waals surface area contributed by atoms with Gasteiger partial charge in [0.1, 0.15) is 17.3 Å². The van der Waals surface area contributed by atoms with Crippen LogP contribution in [0.15, 0.2) is 109 Å². The number of hydrogen-bond acceptors (Lipinski definition) is 3. The number of fused-ring (bicyclic) bond motifs is 1. The average Bonchev–Trinajstić information content (AvgIpc) is 3.51. The van der Waals surface area contributed by atoms with Crippen LogP contribution in [0.4, 0.5) is 0 Å². The first kappa shape index (κ1) is 22.1. The van der Waals surface area contributed by atoms with Crippen LogP contribution in [0.2, 0.25) is 5.02 Å². The number of nitrogens with zero attached hydrogens (tertiary/aromatic N) is 4. The lowest BCUT2D eigenvalue weighted by Gasteiger charge is -2.10. The van der Waals surface area contributed by atoms with Gasteiger partial charge in [-0.05, 0) is 60.2 Å². The topological polar surface area (TPSA) is 44.9 Å². The molecule has 176 valence electrons. The molecule has 0 aliphatic heterocycles. The summed E-state index contributed by atoms with van der Waals surface area (Å²) in [6, 6.07) is 34.3. The van der Waals surface area contributed by atoms with Crippen molar-refractivity contribution < 1.29 is 4.74 Å². The van der Waals surface area contributed by atoms with Crippen LogP contribution < -0.4 is 4.74 Å². The predicted octanol–water partition coefficient (Wildman–Crippen LogP) is 7.27. The van der Waals surface area contributed by atoms with E-state index in [4.69, 9.17) is 26.4 Å². The molecule has 2 heterocycles. The predicted molar refractivity (Wildman–Crippen MR) is 145 cm³/mol. The van der Waals surface area contributed by atoms with E-state index < -0.39 is 0 Å². The molecule has 0 aliphatic carbocycles. The summed E-state index contributed by atoms with van der Waals surface area (Å²) in [5.41, 5.74) is 6.80. The Morgan fingerprint density at radius 3 is 2.28 bits per heavy atom. The summed E-state index contributed by atoms with van der Waals surface area (Å²) in [5.74, 6) is 1.64. The van der Waals surface area contributed by atoms with E-state index in [-0.39, 0.29) is 0 Å². The number of benzene rings is 4. The van der Waals surface area contributed by atoms with Gasteiger partial charge in [-0.1, -0.05) is 60.1 Å².